The number of halogens is 6. The van der Waals surface area contributed by atoms with Gasteiger partial charge >= 0.3 is 24.3 Å². The van der Waals surface area contributed by atoms with Gasteiger partial charge in [0.2, 0.25) is 0 Å². The monoisotopic (exact) mass is 518 g/mol. The molecule has 0 amide bonds. The van der Waals surface area contributed by atoms with Crippen LogP contribution in [0, 0.1) is 40.4 Å². The molecule has 3 rings (SSSR count). The average molecular weight is 518 g/mol. The van der Waals surface area contributed by atoms with Crippen molar-refractivity contribution in [2.24, 2.45) is 40.4 Å². The van der Waals surface area contributed by atoms with Crippen LogP contribution < -0.4 is 0 Å². The Bertz CT molecular complexity index is 850. The number of ether oxygens (including phenoxy) is 3. The smallest absolute Gasteiger partial charge is 0.434 e. The molecule has 3 fully saturated rings. The molecule has 202 valence electrons. The molecule has 0 aromatic carbocycles. The Morgan fingerprint density at radius 1 is 1.06 bits per heavy atom. The van der Waals surface area contributed by atoms with E-state index in [1.54, 1.807) is 20.8 Å². The van der Waals surface area contributed by atoms with Gasteiger partial charge in [0, 0.05) is 11.3 Å². The highest BCUT2D eigenvalue weighted by Gasteiger charge is 2.77. The van der Waals surface area contributed by atoms with E-state index in [2.05, 4.69) is 4.74 Å². The third-order valence-electron chi connectivity index (χ3n) is 7.92. The van der Waals surface area contributed by atoms with Gasteiger partial charge in [-0.1, -0.05) is 48.5 Å². The molecule has 35 heavy (non-hydrogen) atoms. The number of carbonyl (C=O) groups is 2. The van der Waals surface area contributed by atoms with E-state index in [0.29, 0.717) is 6.42 Å². The lowest BCUT2D eigenvalue weighted by atomic mass is 9.51. The molecule has 0 aromatic heterocycles. The maximum Gasteiger partial charge on any atom is 0.434 e. The zero-order valence-corrected chi connectivity index (χ0v) is 20.6. The second-order valence-corrected chi connectivity index (χ2v) is 11.8. The number of fused-ring (bicyclic) bond motifs is 4. The Hall–Kier alpha value is -1.56. The van der Waals surface area contributed by atoms with E-state index in [0.717, 1.165) is 0 Å². The second-order valence-electron chi connectivity index (χ2n) is 11.8. The van der Waals surface area contributed by atoms with Crippen LogP contribution in [0.1, 0.15) is 54.9 Å². The van der Waals surface area contributed by atoms with Crippen molar-refractivity contribution < 1.29 is 55.2 Å². The van der Waals surface area contributed by atoms with Crippen LogP contribution in [0.25, 0.3) is 0 Å². The second kappa shape index (κ2) is 8.22. The first kappa shape index (κ1) is 28.0. The number of aliphatic hydroxyl groups is 1. The van der Waals surface area contributed by atoms with Crippen LogP contribution in [-0.4, -0.2) is 53.5 Å². The van der Waals surface area contributed by atoms with Gasteiger partial charge in [-0.3, -0.25) is 9.59 Å². The minimum atomic E-state index is -5.92. The minimum Gasteiger partial charge on any atom is -0.459 e. The van der Waals surface area contributed by atoms with Crippen molar-refractivity contribution >= 4 is 11.9 Å². The molecule has 2 aliphatic heterocycles. The molecule has 1 aliphatic carbocycles. The Kier molecular flexibility index (Phi) is 6.58. The molecular weight excluding hydrogens is 486 g/mol. The molecule has 2 saturated heterocycles. The van der Waals surface area contributed by atoms with E-state index in [1.165, 1.54) is 6.92 Å². The SMILES string of the molecule is CC1C2OC(=O)C1C(C(=O)OC(C(F)(F)F)C(F)(F)F)C1C2OC1(O)C(C)(CC(C)(C)C)C(C)C. The Morgan fingerprint density at radius 2 is 1.57 bits per heavy atom. The highest BCUT2D eigenvalue weighted by atomic mass is 19.4. The van der Waals surface area contributed by atoms with Gasteiger partial charge in [-0.05, 0) is 17.8 Å². The largest absolute Gasteiger partial charge is 0.459 e. The standard InChI is InChI=1S/C23H32F6O6/c1-9(2)20(7,8-19(4,5)6)21(32)13-12(11-10(3)14(15(13)35-21)33-16(11)30)17(31)34-18(22(24,25)26)23(27,28)29/h9-15,18,32H,8H2,1-7H3. The highest BCUT2D eigenvalue weighted by molar-refractivity contribution is 5.85. The zero-order valence-electron chi connectivity index (χ0n) is 20.6. The normalized spacial score (nSPS) is 37.0. The van der Waals surface area contributed by atoms with Gasteiger partial charge in [-0.25, -0.2) is 0 Å². The lowest BCUT2D eigenvalue weighted by Crippen LogP contribution is -2.77. The van der Waals surface area contributed by atoms with Gasteiger partial charge in [0.1, 0.15) is 12.2 Å². The topological polar surface area (TPSA) is 82.1 Å². The summed E-state index contributed by atoms with van der Waals surface area (Å²) in [6, 6.07) is 0. The Morgan fingerprint density at radius 3 is 2.00 bits per heavy atom. The fraction of sp³-hybridized carbons (Fsp3) is 0.913. The summed E-state index contributed by atoms with van der Waals surface area (Å²) in [4.78, 5) is 25.6. The fourth-order valence-corrected chi connectivity index (χ4v) is 6.20. The first-order chi connectivity index (χ1) is 15.6. The van der Waals surface area contributed by atoms with Crippen LogP contribution in [0.3, 0.4) is 0 Å². The molecule has 0 aromatic rings. The van der Waals surface area contributed by atoms with E-state index >= 15 is 0 Å². The summed E-state index contributed by atoms with van der Waals surface area (Å²) in [5, 5.41) is 11.8. The lowest BCUT2D eigenvalue weighted by Gasteiger charge is -2.65. The zero-order chi connectivity index (χ0) is 27.1. The van der Waals surface area contributed by atoms with Crippen molar-refractivity contribution in [3.05, 3.63) is 0 Å². The van der Waals surface area contributed by atoms with Crippen molar-refractivity contribution in [1.82, 2.24) is 0 Å². The van der Waals surface area contributed by atoms with Crippen molar-refractivity contribution in [2.45, 2.75) is 91.3 Å². The van der Waals surface area contributed by atoms with Crippen molar-refractivity contribution in [3.63, 3.8) is 0 Å². The quantitative estimate of drug-likeness (QED) is 0.422. The molecule has 6 nitrogen and oxygen atoms in total. The van der Waals surface area contributed by atoms with Crippen LogP contribution in [0.4, 0.5) is 26.3 Å². The van der Waals surface area contributed by atoms with Crippen molar-refractivity contribution in [3.8, 4) is 0 Å². The average Bonchev–Trinajstić information content (AvgIpc) is 2.85. The third-order valence-corrected chi connectivity index (χ3v) is 7.92. The Labute approximate surface area is 199 Å². The van der Waals surface area contributed by atoms with E-state index in [-0.39, 0.29) is 11.3 Å². The summed E-state index contributed by atoms with van der Waals surface area (Å²) in [7, 11) is 0. The number of esters is 2. The molecule has 12 heteroatoms. The van der Waals surface area contributed by atoms with Gasteiger partial charge in [-0.2, -0.15) is 26.3 Å². The van der Waals surface area contributed by atoms with Gasteiger partial charge in [0.15, 0.2) is 5.79 Å². The maximum atomic E-state index is 13.1. The van der Waals surface area contributed by atoms with Gasteiger partial charge < -0.3 is 19.3 Å². The van der Waals surface area contributed by atoms with E-state index < -0.39 is 77.5 Å². The van der Waals surface area contributed by atoms with Crippen LogP contribution in [0.5, 0.6) is 0 Å². The van der Waals surface area contributed by atoms with Crippen molar-refractivity contribution in [1.29, 1.82) is 0 Å². The summed E-state index contributed by atoms with van der Waals surface area (Å²) in [5.41, 5.74) is -1.45. The summed E-state index contributed by atoms with van der Waals surface area (Å²) in [6.45, 7) is 12.5. The van der Waals surface area contributed by atoms with Crippen LogP contribution >= 0.6 is 0 Å². The third kappa shape index (κ3) is 4.42. The molecule has 8 atom stereocenters. The summed E-state index contributed by atoms with van der Waals surface area (Å²) < 4.78 is 94.1. The molecule has 0 spiro atoms. The summed E-state index contributed by atoms with van der Waals surface area (Å²) >= 11 is 0. The predicted molar refractivity (Wildman–Crippen MR) is 108 cm³/mol. The first-order valence-corrected chi connectivity index (χ1v) is 11.5. The number of alkyl halides is 6. The lowest BCUT2D eigenvalue weighted by molar-refractivity contribution is -0.447. The molecule has 0 radical (unpaired) electrons. The van der Waals surface area contributed by atoms with Crippen LogP contribution in [-0.2, 0) is 23.8 Å². The van der Waals surface area contributed by atoms with E-state index in [4.69, 9.17) is 9.47 Å². The predicted octanol–water partition coefficient (Wildman–Crippen LogP) is 4.63. The molecule has 1 saturated carbocycles. The van der Waals surface area contributed by atoms with Gasteiger partial charge in [-0.15, -0.1) is 0 Å². The van der Waals surface area contributed by atoms with Gasteiger partial charge in [0.25, 0.3) is 6.10 Å². The van der Waals surface area contributed by atoms with Crippen LogP contribution in [0.2, 0.25) is 0 Å². The molecule has 3 aliphatic rings. The molecule has 8 unspecified atom stereocenters. The molecule has 2 heterocycles. The number of hydrogen-bond donors (Lipinski definition) is 1. The highest BCUT2D eigenvalue weighted by Crippen LogP contribution is 2.65. The minimum absolute atomic E-state index is 0.281. The first-order valence-electron chi connectivity index (χ1n) is 11.5. The van der Waals surface area contributed by atoms with Gasteiger partial charge in [0.05, 0.1) is 17.8 Å². The number of rotatable bonds is 5. The van der Waals surface area contributed by atoms with Crippen LogP contribution in [0.15, 0.2) is 0 Å². The van der Waals surface area contributed by atoms with E-state index in [1.807, 2.05) is 20.8 Å². The summed E-state index contributed by atoms with van der Waals surface area (Å²) in [6.07, 6.45) is -17.8. The number of hydrogen-bond acceptors (Lipinski definition) is 6. The molecule has 1 N–H and O–H groups in total. The number of carbonyl (C=O) groups excluding carboxylic acids is 2. The summed E-state index contributed by atoms with van der Waals surface area (Å²) in [5.74, 6) is -10.4. The molecule has 2 bridgehead atoms. The Balaban J connectivity index is 2.08. The van der Waals surface area contributed by atoms with E-state index in [9.17, 15) is 41.0 Å². The van der Waals surface area contributed by atoms with Crippen molar-refractivity contribution in [2.75, 3.05) is 0 Å². The molecular formula is C23H32F6O6. The fourth-order valence-electron chi connectivity index (χ4n) is 6.20. The maximum absolute atomic E-state index is 13.1.